The van der Waals surface area contributed by atoms with Gasteiger partial charge in [-0.15, -0.1) is 10.2 Å². The molecule has 0 fully saturated rings. The average molecular weight is 419 g/mol. The van der Waals surface area contributed by atoms with Crippen molar-refractivity contribution in [3.8, 4) is 28.4 Å². The van der Waals surface area contributed by atoms with E-state index < -0.39 is 11.7 Å². The van der Waals surface area contributed by atoms with E-state index in [1.54, 1.807) is 27.8 Å². The molecule has 0 unspecified atom stereocenters. The van der Waals surface area contributed by atoms with Gasteiger partial charge in [-0.25, -0.2) is 9.37 Å². The third-order valence-electron chi connectivity index (χ3n) is 5.35. The number of phenolic OH excluding ortho intramolecular Hbond substituents is 1. The molecule has 0 aliphatic carbocycles. The number of carbonyl (C=O) groups excluding carboxylic acids is 1. The summed E-state index contributed by atoms with van der Waals surface area (Å²) in [5.41, 5.74) is 3.43. The summed E-state index contributed by atoms with van der Waals surface area (Å²) in [7, 11) is 3.67. The van der Waals surface area contributed by atoms with Gasteiger partial charge in [0.25, 0.3) is 5.91 Å². The van der Waals surface area contributed by atoms with Gasteiger partial charge in [0.2, 0.25) is 0 Å². The van der Waals surface area contributed by atoms with Crippen LogP contribution in [0, 0.1) is 12.7 Å². The zero-order chi connectivity index (χ0) is 21.9. The number of pyridine rings is 1. The zero-order valence-corrected chi connectivity index (χ0v) is 17.0. The van der Waals surface area contributed by atoms with Crippen LogP contribution < -0.4 is 4.90 Å². The molecule has 31 heavy (non-hydrogen) atoms. The molecule has 9 nitrogen and oxygen atoms in total. The molecule has 5 rings (SSSR count). The van der Waals surface area contributed by atoms with E-state index in [1.807, 2.05) is 27.1 Å². The number of benzene rings is 1. The summed E-state index contributed by atoms with van der Waals surface area (Å²) in [6.45, 7) is 1.86. The summed E-state index contributed by atoms with van der Waals surface area (Å²) in [6, 6.07) is 5.95. The van der Waals surface area contributed by atoms with Crippen molar-refractivity contribution in [2.24, 2.45) is 14.1 Å². The van der Waals surface area contributed by atoms with E-state index in [2.05, 4.69) is 20.3 Å². The van der Waals surface area contributed by atoms with Crippen molar-refractivity contribution >= 4 is 11.7 Å². The highest BCUT2D eigenvalue weighted by Gasteiger charge is 2.33. The number of aromatic hydroxyl groups is 1. The molecule has 0 saturated heterocycles. The predicted molar refractivity (Wildman–Crippen MR) is 110 cm³/mol. The molecule has 0 radical (unpaired) electrons. The first-order valence-electron chi connectivity index (χ1n) is 9.52. The van der Waals surface area contributed by atoms with Crippen LogP contribution in [0.2, 0.25) is 0 Å². The predicted octanol–water partition coefficient (Wildman–Crippen LogP) is 2.59. The van der Waals surface area contributed by atoms with Gasteiger partial charge in [0.05, 0.1) is 29.6 Å². The van der Waals surface area contributed by atoms with Crippen molar-refractivity contribution in [1.82, 2.24) is 29.5 Å². The molecule has 1 aliphatic heterocycles. The lowest BCUT2D eigenvalue weighted by molar-refractivity contribution is 0.0995. The van der Waals surface area contributed by atoms with E-state index >= 15 is 0 Å². The second-order valence-corrected chi connectivity index (χ2v) is 7.50. The van der Waals surface area contributed by atoms with Crippen molar-refractivity contribution in [3.63, 3.8) is 0 Å². The Hall–Kier alpha value is -4.08. The third kappa shape index (κ3) is 2.95. The maximum absolute atomic E-state index is 14.3. The van der Waals surface area contributed by atoms with Gasteiger partial charge in [0, 0.05) is 37.0 Å². The number of fused-ring (bicyclic) bond motifs is 1. The van der Waals surface area contributed by atoms with Crippen LogP contribution in [0.3, 0.4) is 0 Å². The van der Waals surface area contributed by atoms with Crippen molar-refractivity contribution in [3.05, 3.63) is 59.4 Å². The molecular weight excluding hydrogens is 401 g/mol. The first-order valence-corrected chi connectivity index (χ1v) is 9.52. The van der Waals surface area contributed by atoms with Crippen LogP contribution in [-0.4, -0.2) is 40.5 Å². The maximum atomic E-state index is 14.3. The topological polar surface area (TPSA) is 102 Å². The summed E-state index contributed by atoms with van der Waals surface area (Å²) < 4.78 is 17.8. The fourth-order valence-electron chi connectivity index (χ4n) is 3.93. The molecule has 1 aliphatic rings. The molecule has 4 aromatic rings. The number of anilines is 1. The minimum atomic E-state index is -0.616. The number of hydrogen-bond acceptors (Lipinski definition) is 6. The summed E-state index contributed by atoms with van der Waals surface area (Å²) in [5, 5.41) is 22.2. The van der Waals surface area contributed by atoms with Crippen molar-refractivity contribution in [1.29, 1.82) is 0 Å². The number of carbonyl (C=O) groups is 1. The highest BCUT2D eigenvalue weighted by molar-refractivity contribution is 6.10. The Morgan fingerprint density at radius 1 is 1.13 bits per heavy atom. The Morgan fingerprint density at radius 2 is 1.94 bits per heavy atom. The Morgan fingerprint density at radius 3 is 2.68 bits per heavy atom. The Labute approximate surface area is 176 Å². The van der Waals surface area contributed by atoms with Gasteiger partial charge < -0.3 is 9.67 Å². The summed E-state index contributed by atoms with van der Waals surface area (Å²) in [6.07, 6.45) is 3.32. The Balaban J connectivity index is 1.62. The van der Waals surface area contributed by atoms with Gasteiger partial charge in [-0.3, -0.25) is 14.4 Å². The van der Waals surface area contributed by atoms with Crippen molar-refractivity contribution in [2.75, 3.05) is 4.90 Å². The fourth-order valence-corrected chi connectivity index (χ4v) is 3.93. The van der Waals surface area contributed by atoms with Gasteiger partial charge in [0.15, 0.2) is 5.82 Å². The van der Waals surface area contributed by atoms with Crippen LogP contribution in [0.25, 0.3) is 22.6 Å². The molecule has 1 amide bonds. The number of nitrogens with zero attached hydrogens (tertiary/aromatic N) is 7. The third-order valence-corrected chi connectivity index (χ3v) is 5.35. The molecule has 156 valence electrons. The lowest BCUT2D eigenvalue weighted by Crippen LogP contribution is -2.24. The highest BCUT2D eigenvalue weighted by Crippen LogP contribution is 2.36. The van der Waals surface area contributed by atoms with Crippen LogP contribution in [0.5, 0.6) is 5.75 Å². The molecule has 10 heteroatoms. The number of amides is 1. The smallest absolute Gasteiger partial charge is 0.260 e. The second kappa shape index (κ2) is 6.73. The van der Waals surface area contributed by atoms with Crippen LogP contribution in [0.4, 0.5) is 10.2 Å². The van der Waals surface area contributed by atoms with Crippen LogP contribution in [-0.2, 0) is 20.6 Å². The number of phenols is 1. The summed E-state index contributed by atoms with van der Waals surface area (Å²) in [5.74, 6) is -0.267. The molecule has 4 heterocycles. The van der Waals surface area contributed by atoms with Crippen molar-refractivity contribution in [2.45, 2.75) is 13.5 Å². The minimum absolute atomic E-state index is 0.0394. The Bertz CT molecular complexity index is 1360. The molecule has 0 bridgehead atoms. The van der Waals surface area contributed by atoms with E-state index in [4.69, 9.17) is 0 Å². The molecule has 1 aromatic carbocycles. The highest BCUT2D eigenvalue weighted by atomic mass is 19.1. The summed E-state index contributed by atoms with van der Waals surface area (Å²) in [4.78, 5) is 18.9. The number of rotatable bonds is 3. The van der Waals surface area contributed by atoms with Gasteiger partial charge in [-0.2, -0.15) is 5.10 Å². The van der Waals surface area contributed by atoms with E-state index in [0.29, 0.717) is 17.3 Å². The maximum Gasteiger partial charge on any atom is 0.260 e. The van der Waals surface area contributed by atoms with Crippen LogP contribution in [0.1, 0.15) is 21.6 Å². The quantitative estimate of drug-likeness (QED) is 0.548. The molecular formula is C21H18FN7O2. The first-order chi connectivity index (χ1) is 14.8. The van der Waals surface area contributed by atoms with Gasteiger partial charge in [-0.05, 0) is 25.1 Å². The number of hydrogen-bond donors (Lipinski definition) is 1. The van der Waals surface area contributed by atoms with E-state index in [0.717, 1.165) is 22.9 Å². The largest absolute Gasteiger partial charge is 0.508 e. The standard InChI is InChI=1S/C21H18FN7O2/c1-11-4-12(19-15(8-24-28(19)3)20-26-23-10-27(20)2)5-18(25-11)29-9-16-14(21(29)31)6-13(30)7-17(16)22/h4-8,10,30H,9H2,1-3H3. The SMILES string of the molecule is Cc1cc(-c2c(-c3nncn3C)cnn2C)cc(N2Cc3c(F)cc(O)cc3C2=O)n1. The minimum Gasteiger partial charge on any atom is -0.508 e. The zero-order valence-electron chi connectivity index (χ0n) is 17.0. The molecule has 0 spiro atoms. The summed E-state index contributed by atoms with van der Waals surface area (Å²) >= 11 is 0. The van der Waals surface area contributed by atoms with Crippen molar-refractivity contribution < 1.29 is 14.3 Å². The van der Waals surface area contributed by atoms with Crippen LogP contribution >= 0.6 is 0 Å². The normalized spacial score (nSPS) is 13.2. The fraction of sp³-hybridized carbons (Fsp3) is 0.190. The van der Waals surface area contributed by atoms with Gasteiger partial charge in [-0.1, -0.05) is 0 Å². The average Bonchev–Trinajstić information content (AvgIpc) is 3.39. The van der Waals surface area contributed by atoms with Gasteiger partial charge in [0.1, 0.15) is 23.7 Å². The number of aromatic nitrogens is 6. The molecule has 0 saturated carbocycles. The molecule has 0 atom stereocenters. The number of halogens is 1. The lowest BCUT2D eigenvalue weighted by Gasteiger charge is -2.17. The monoisotopic (exact) mass is 419 g/mol. The molecule has 3 aromatic heterocycles. The van der Waals surface area contributed by atoms with E-state index in [9.17, 15) is 14.3 Å². The Kier molecular flexibility index (Phi) is 4.10. The number of aryl methyl sites for hydroxylation is 3. The molecule has 1 N–H and O–H groups in total. The van der Waals surface area contributed by atoms with Crippen LogP contribution in [0.15, 0.2) is 36.8 Å². The second-order valence-electron chi connectivity index (χ2n) is 7.50. The van der Waals surface area contributed by atoms with Gasteiger partial charge >= 0.3 is 0 Å². The first kappa shape index (κ1) is 18.9. The van der Waals surface area contributed by atoms with E-state index in [1.165, 1.54) is 11.0 Å². The van der Waals surface area contributed by atoms with E-state index in [-0.39, 0.29) is 23.4 Å². The lowest BCUT2D eigenvalue weighted by atomic mass is 10.1.